The first kappa shape index (κ1) is 15.4. The third kappa shape index (κ3) is 3.02. The number of methoxy groups -OCH3 is 1. The molecule has 3 rings (SSSR count). The van der Waals surface area contributed by atoms with Crippen LogP contribution in [0.1, 0.15) is 31.0 Å². The summed E-state index contributed by atoms with van der Waals surface area (Å²) in [6.45, 7) is 6.57. The molecule has 0 unspecified atom stereocenters. The number of hydrogen-bond acceptors (Lipinski definition) is 1. The summed E-state index contributed by atoms with van der Waals surface area (Å²) < 4.78 is 7.64. The van der Waals surface area contributed by atoms with Crippen molar-refractivity contribution in [2.24, 2.45) is 0 Å². The van der Waals surface area contributed by atoms with E-state index in [2.05, 4.69) is 73.9 Å². The molecular weight excluding hydrogens is 282 g/mol. The summed E-state index contributed by atoms with van der Waals surface area (Å²) in [5, 5.41) is 0. The summed E-state index contributed by atoms with van der Waals surface area (Å²) >= 11 is 0. The molecule has 0 spiro atoms. The van der Waals surface area contributed by atoms with Crippen LogP contribution in [-0.2, 0) is 0 Å². The van der Waals surface area contributed by atoms with Crippen molar-refractivity contribution in [3.63, 3.8) is 0 Å². The van der Waals surface area contributed by atoms with E-state index in [1.807, 2.05) is 12.1 Å². The Morgan fingerprint density at radius 2 is 1.65 bits per heavy atom. The van der Waals surface area contributed by atoms with E-state index < -0.39 is 0 Å². The highest BCUT2D eigenvalue weighted by atomic mass is 16.5. The Balaban J connectivity index is 2.08. The molecule has 0 fully saturated rings. The molecule has 0 saturated carbocycles. The molecule has 0 N–H and O–H groups in total. The zero-order chi connectivity index (χ0) is 16.4. The standard InChI is InChI=1S/C21H23NO/c1-15(2)17-9-11-18(12-10-17)21-13-8-16(3)22(21)19-6-5-7-20(14-19)23-4/h5-15H,1-4H3. The van der Waals surface area contributed by atoms with E-state index in [0.717, 1.165) is 11.4 Å². The number of rotatable bonds is 4. The summed E-state index contributed by atoms with van der Waals surface area (Å²) in [6.07, 6.45) is 0. The minimum Gasteiger partial charge on any atom is -0.497 e. The molecule has 3 aromatic rings. The van der Waals surface area contributed by atoms with Gasteiger partial charge in [0.05, 0.1) is 12.8 Å². The number of nitrogens with zero attached hydrogens (tertiary/aromatic N) is 1. The zero-order valence-electron chi connectivity index (χ0n) is 14.2. The van der Waals surface area contributed by atoms with E-state index in [1.165, 1.54) is 22.5 Å². The van der Waals surface area contributed by atoms with Crippen LogP contribution in [0.3, 0.4) is 0 Å². The molecule has 2 nitrogen and oxygen atoms in total. The van der Waals surface area contributed by atoms with Crippen molar-refractivity contribution in [2.75, 3.05) is 7.11 Å². The predicted octanol–water partition coefficient (Wildman–Crippen LogP) is 5.58. The second-order valence-electron chi connectivity index (χ2n) is 6.17. The number of hydrogen-bond donors (Lipinski definition) is 0. The maximum absolute atomic E-state index is 5.37. The van der Waals surface area contributed by atoms with Gasteiger partial charge in [0.15, 0.2) is 0 Å². The second-order valence-corrected chi connectivity index (χ2v) is 6.17. The van der Waals surface area contributed by atoms with Crippen LogP contribution in [-0.4, -0.2) is 11.7 Å². The average Bonchev–Trinajstić information content (AvgIpc) is 2.96. The van der Waals surface area contributed by atoms with Crippen molar-refractivity contribution in [1.82, 2.24) is 4.57 Å². The number of aryl methyl sites for hydroxylation is 1. The first-order valence-corrected chi connectivity index (χ1v) is 8.03. The third-order valence-corrected chi connectivity index (χ3v) is 4.26. The van der Waals surface area contributed by atoms with Gasteiger partial charge < -0.3 is 9.30 Å². The highest BCUT2D eigenvalue weighted by Gasteiger charge is 2.10. The fourth-order valence-electron chi connectivity index (χ4n) is 2.89. The summed E-state index contributed by atoms with van der Waals surface area (Å²) in [4.78, 5) is 0. The van der Waals surface area contributed by atoms with Crippen molar-refractivity contribution >= 4 is 0 Å². The molecule has 0 saturated heterocycles. The maximum atomic E-state index is 5.37. The molecule has 23 heavy (non-hydrogen) atoms. The summed E-state index contributed by atoms with van der Waals surface area (Å²) in [6, 6.07) is 21.4. The number of benzene rings is 2. The Kier molecular flexibility index (Phi) is 4.24. The Morgan fingerprint density at radius 3 is 2.30 bits per heavy atom. The van der Waals surface area contributed by atoms with Crippen LogP contribution in [0, 0.1) is 6.92 Å². The highest BCUT2D eigenvalue weighted by Crippen LogP contribution is 2.29. The van der Waals surface area contributed by atoms with Crippen LogP contribution < -0.4 is 4.74 Å². The molecule has 2 heteroatoms. The Hall–Kier alpha value is -2.48. The highest BCUT2D eigenvalue weighted by molar-refractivity contribution is 5.65. The van der Waals surface area contributed by atoms with Gasteiger partial charge >= 0.3 is 0 Å². The molecule has 0 atom stereocenters. The third-order valence-electron chi connectivity index (χ3n) is 4.26. The fourth-order valence-corrected chi connectivity index (χ4v) is 2.89. The van der Waals surface area contributed by atoms with Gasteiger partial charge in [-0.25, -0.2) is 0 Å². The smallest absolute Gasteiger partial charge is 0.120 e. The molecule has 0 aliphatic heterocycles. The van der Waals surface area contributed by atoms with Crippen molar-refractivity contribution in [3.8, 4) is 22.7 Å². The van der Waals surface area contributed by atoms with Gasteiger partial charge in [-0.3, -0.25) is 0 Å². The predicted molar refractivity (Wildman–Crippen MR) is 96.6 cm³/mol. The Bertz CT molecular complexity index is 797. The number of ether oxygens (including phenoxy) is 1. The van der Waals surface area contributed by atoms with Crippen LogP contribution in [0.2, 0.25) is 0 Å². The summed E-state index contributed by atoms with van der Waals surface area (Å²) in [7, 11) is 1.70. The van der Waals surface area contributed by atoms with Crippen LogP contribution >= 0.6 is 0 Å². The fraction of sp³-hybridized carbons (Fsp3) is 0.238. The minimum absolute atomic E-state index is 0.552. The lowest BCUT2D eigenvalue weighted by molar-refractivity contribution is 0.414. The zero-order valence-corrected chi connectivity index (χ0v) is 14.2. The second kappa shape index (κ2) is 6.33. The van der Waals surface area contributed by atoms with Gasteiger partial charge in [-0.15, -0.1) is 0 Å². The van der Waals surface area contributed by atoms with E-state index in [-0.39, 0.29) is 0 Å². The van der Waals surface area contributed by atoms with Crippen molar-refractivity contribution in [3.05, 3.63) is 71.9 Å². The van der Waals surface area contributed by atoms with Crippen molar-refractivity contribution in [2.45, 2.75) is 26.7 Å². The summed E-state index contributed by atoms with van der Waals surface area (Å²) in [5.41, 5.74) is 6.12. The monoisotopic (exact) mass is 305 g/mol. The molecule has 0 radical (unpaired) electrons. The average molecular weight is 305 g/mol. The minimum atomic E-state index is 0.552. The van der Waals surface area contributed by atoms with Gasteiger partial charge in [0.25, 0.3) is 0 Å². The van der Waals surface area contributed by atoms with E-state index in [4.69, 9.17) is 4.74 Å². The van der Waals surface area contributed by atoms with Gasteiger partial charge in [0, 0.05) is 17.4 Å². The van der Waals surface area contributed by atoms with Gasteiger partial charge in [-0.1, -0.05) is 44.2 Å². The van der Waals surface area contributed by atoms with Crippen LogP contribution in [0.25, 0.3) is 16.9 Å². The van der Waals surface area contributed by atoms with Gasteiger partial charge in [-0.05, 0) is 48.2 Å². The lowest BCUT2D eigenvalue weighted by atomic mass is 10.0. The van der Waals surface area contributed by atoms with Crippen molar-refractivity contribution in [1.29, 1.82) is 0 Å². The molecule has 1 heterocycles. The molecule has 0 amide bonds. The van der Waals surface area contributed by atoms with Gasteiger partial charge in [0.2, 0.25) is 0 Å². The molecule has 1 aromatic heterocycles. The first-order chi connectivity index (χ1) is 11.1. The van der Waals surface area contributed by atoms with E-state index in [1.54, 1.807) is 7.11 Å². The lowest BCUT2D eigenvalue weighted by Gasteiger charge is -2.14. The Labute approximate surface area is 138 Å². The van der Waals surface area contributed by atoms with Gasteiger partial charge in [0.1, 0.15) is 5.75 Å². The molecule has 2 aromatic carbocycles. The first-order valence-electron chi connectivity index (χ1n) is 8.03. The number of aromatic nitrogens is 1. The lowest BCUT2D eigenvalue weighted by Crippen LogP contribution is -1.99. The van der Waals surface area contributed by atoms with E-state index in [0.29, 0.717) is 5.92 Å². The normalized spacial score (nSPS) is 11.0. The van der Waals surface area contributed by atoms with E-state index >= 15 is 0 Å². The van der Waals surface area contributed by atoms with Crippen LogP contribution in [0.5, 0.6) is 5.75 Å². The molecule has 0 bridgehead atoms. The summed E-state index contributed by atoms with van der Waals surface area (Å²) in [5.74, 6) is 1.42. The molecular formula is C21H23NO. The molecule has 0 aliphatic rings. The Morgan fingerprint density at radius 1 is 0.913 bits per heavy atom. The topological polar surface area (TPSA) is 14.2 Å². The molecule has 118 valence electrons. The van der Waals surface area contributed by atoms with Crippen LogP contribution in [0.15, 0.2) is 60.7 Å². The van der Waals surface area contributed by atoms with Crippen LogP contribution in [0.4, 0.5) is 0 Å². The quantitative estimate of drug-likeness (QED) is 0.613. The van der Waals surface area contributed by atoms with Gasteiger partial charge in [-0.2, -0.15) is 0 Å². The SMILES string of the molecule is COc1cccc(-n2c(C)ccc2-c2ccc(C(C)C)cc2)c1. The molecule has 0 aliphatic carbocycles. The largest absolute Gasteiger partial charge is 0.497 e. The van der Waals surface area contributed by atoms with E-state index in [9.17, 15) is 0 Å². The van der Waals surface area contributed by atoms with Crippen molar-refractivity contribution < 1.29 is 4.74 Å². The maximum Gasteiger partial charge on any atom is 0.120 e.